The highest BCUT2D eigenvalue weighted by Gasteiger charge is 2.09. The molecule has 0 atom stereocenters. The van der Waals surface area contributed by atoms with Crippen molar-refractivity contribution in [3.05, 3.63) is 29.6 Å². The number of aromatic nitrogens is 2. The summed E-state index contributed by atoms with van der Waals surface area (Å²) < 4.78 is 2.23. The molecule has 1 aromatic carbocycles. The van der Waals surface area contributed by atoms with Gasteiger partial charge in [-0.15, -0.1) is 0 Å². The lowest BCUT2D eigenvalue weighted by Crippen LogP contribution is -2.11. The van der Waals surface area contributed by atoms with Crippen LogP contribution >= 0.6 is 0 Å². The third kappa shape index (κ3) is 2.72. The Morgan fingerprint density at radius 2 is 2.11 bits per heavy atom. The third-order valence-electron chi connectivity index (χ3n) is 3.21. The lowest BCUT2D eigenvalue weighted by Gasteiger charge is -2.05. The number of imidazole rings is 1. The van der Waals surface area contributed by atoms with Gasteiger partial charge in [0, 0.05) is 20.0 Å². The van der Waals surface area contributed by atoms with E-state index in [1.807, 2.05) is 0 Å². The average molecular weight is 245 g/mol. The van der Waals surface area contributed by atoms with Gasteiger partial charge in [-0.3, -0.25) is 0 Å². The first kappa shape index (κ1) is 13.1. The van der Waals surface area contributed by atoms with Crippen molar-refractivity contribution in [2.75, 3.05) is 6.54 Å². The predicted molar refractivity (Wildman–Crippen MR) is 76.6 cm³/mol. The van der Waals surface area contributed by atoms with E-state index in [9.17, 15) is 0 Å². The van der Waals surface area contributed by atoms with Crippen molar-refractivity contribution in [1.82, 2.24) is 14.9 Å². The second-order valence-corrected chi connectivity index (χ2v) is 5.29. The molecule has 98 valence electrons. The van der Waals surface area contributed by atoms with Gasteiger partial charge in [-0.25, -0.2) is 4.98 Å². The van der Waals surface area contributed by atoms with Crippen LogP contribution in [-0.4, -0.2) is 16.1 Å². The Hall–Kier alpha value is -1.35. The summed E-state index contributed by atoms with van der Waals surface area (Å²) in [6, 6.07) is 6.54. The Balaban J connectivity index is 2.34. The summed E-state index contributed by atoms with van der Waals surface area (Å²) in [5.41, 5.74) is 3.66. The maximum Gasteiger partial charge on any atom is 0.109 e. The summed E-state index contributed by atoms with van der Waals surface area (Å²) in [5, 5.41) is 3.36. The molecule has 1 heterocycles. The molecule has 0 unspecified atom stereocenters. The quantitative estimate of drug-likeness (QED) is 0.878. The SMILES string of the molecule is CCNCc1ccc2nc(CC(C)C)n(C)c2c1. The highest BCUT2D eigenvalue weighted by atomic mass is 15.1. The molecule has 0 aliphatic heterocycles. The highest BCUT2D eigenvalue weighted by Crippen LogP contribution is 2.18. The fourth-order valence-corrected chi connectivity index (χ4v) is 2.21. The molecule has 2 rings (SSSR count). The van der Waals surface area contributed by atoms with E-state index in [2.05, 4.69) is 55.9 Å². The van der Waals surface area contributed by atoms with Gasteiger partial charge in [0.1, 0.15) is 5.82 Å². The van der Waals surface area contributed by atoms with E-state index < -0.39 is 0 Å². The summed E-state index contributed by atoms with van der Waals surface area (Å²) in [6.07, 6.45) is 1.04. The summed E-state index contributed by atoms with van der Waals surface area (Å²) in [7, 11) is 2.12. The molecule has 18 heavy (non-hydrogen) atoms. The minimum absolute atomic E-state index is 0.641. The zero-order valence-electron chi connectivity index (χ0n) is 11.8. The fraction of sp³-hybridized carbons (Fsp3) is 0.533. The van der Waals surface area contributed by atoms with Crippen molar-refractivity contribution in [3.63, 3.8) is 0 Å². The molecule has 2 aromatic rings. The molecule has 0 aliphatic carbocycles. The Bertz CT molecular complexity index is 526. The molecule has 0 saturated heterocycles. The van der Waals surface area contributed by atoms with Gasteiger partial charge in [0.2, 0.25) is 0 Å². The third-order valence-corrected chi connectivity index (χ3v) is 3.21. The van der Waals surface area contributed by atoms with Gasteiger partial charge in [-0.2, -0.15) is 0 Å². The molecule has 3 nitrogen and oxygen atoms in total. The second kappa shape index (κ2) is 5.53. The largest absolute Gasteiger partial charge is 0.331 e. The van der Waals surface area contributed by atoms with Crippen LogP contribution in [0.4, 0.5) is 0 Å². The number of hydrogen-bond donors (Lipinski definition) is 1. The van der Waals surface area contributed by atoms with Crippen molar-refractivity contribution in [2.45, 2.75) is 33.7 Å². The van der Waals surface area contributed by atoms with Crippen molar-refractivity contribution in [3.8, 4) is 0 Å². The molecular formula is C15H23N3. The molecule has 0 fully saturated rings. The van der Waals surface area contributed by atoms with Crippen LogP contribution in [0.25, 0.3) is 11.0 Å². The first-order valence-corrected chi connectivity index (χ1v) is 6.76. The smallest absolute Gasteiger partial charge is 0.109 e. The van der Waals surface area contributed by atoms with Gasteiger partial charge >= 0.3 is 0 Å². The topological polar surface area (TPSA) is 29.9 Å². The van der Waals surface area contributed by atoms with E-state index >= 15 is 0 Å². The van der Waals surface area contributed by atoms with E-state index in [0.717, 1.165) is 25.0 Å². The number of nitrogens with one attached hydrogen (secondary N) is 1. The number of aryl methyl sites for hydroxylation is 1. The fourth-order valence-electron chi connectivity index (χ4n) is 2.21. The molecule has 1 aromatic heterocycles. The Labute approximate surface area is 109 Å². The molecule has 1 N–H and O–H groups in total. The number of nitrogens with zero attached hydrogens (tertiary/aromatic N) is 2. The molecule has 0 saturated carbocycles. The van der Waals surface area contributed by atoms with Crippen LogP contribution in [0.15, 0.2) is 18.2 Å². The summed E-state index contributed by atoms with van der Waals surface area (Å²) in [6.45, 7) is 8.52. The number of rotatable bonds is 5. The van der Waals surface area contributed by atoms with Gasteiger partial charge < -0.3 is 9.88 Å². The maximum atomic E-state index is 4.72. The Kier molecular flexibility index (Phi) is 4.02. The molecule has 0 aliphatic rings. The van der Waals surface area contributed by atoms with E-state index in [1.165, 1.54) is 16.9 Å². The molecular weight excluding hydrogens is 222 g/mol. The van der Waals surface area contributed by atoms with Crippen LogP contribution in [0.1, 0.15) is 32.2 Å². The second-order valence-electron chi connectivity index (χ2n) is 5.29. The zero-order chi connectivity index (χ0) is 13.1. The predicted octanol–water partition coefficient (Wildman–Crippen LogP) is 2.88. The van der Waals surface area contributed by atoms with Crippen LogP contribution in [0.2, 0.25) is 0 Å². The minimum Gasteiger partial charge on any atom is -0.331 e. The lowest BCUT2D eigenvalue weighted by atomic mass is 10.1. The van der Waals surface area contributed by atoms with Crippen molar-refractivity contribution < 1.29 is 0 Å². The monoisotopic (exact) mass is 245 g/mol. The van der Waals surface area contributed by atoms with Crippen LogP contribution in [0, 0.1) is 5.92 Å². The Morgan fingerprint density at radius 3 is 2.78 bits per heavy atom. The van der Waals surface area contributed by atoms with Crippen molar-refractivity contribution in [1.29, 1.82) is 0 Å². The highest BCUT2D eigenvalue weighted by molar-refractivity contribution is 5.76. The first-order chi connectivity index (χ1) is 8.61. The van der Waals surface area contributed by atoms with Crippen LogP contribution < -0.4 is 5.32 Å². The normalized spacial score (nSPS) is 11.6. The van der Waals surface area contributed by atoms with Gasteiger partial charge in [-0.1, -0.05) is 26.8 Å². The molecule has 0 amide bonds. The van der Waals surface area contributed by atoms with Gasteiger partial charge in [-0.05, 0) is 30.2 Å². The van der Waals surface area contributed by atoms with Crippen molar-refractivity contribution >= 4 is 11.0 Å². The minimum atomic E-state index is 0.641. The maximum absolute atomic E-state index is 4.72. The number of benzene rings is 1. The van der Waals surface area contributed by atoms with E-state index in [4.69, 9.17) is 4.98 Å². The van der Waals surface area contributed by atoms with Crippen molar-refractivity contribution in [2.24, 2.45) is 13.0 Å². The van der Waals surface area contributed by atoms with Crippen LogP contribution in [0.5, 0.6) is 0 Å². The van der Waals surface area contributed by atoms with E-state index in [-0.39, 0.29) is 0 Å². The summed E-state index contributed by atoms with van der Waals surface area (Å²) in [4.78, 5) is 4.72. The lowest BCUT2D eigenvalue weighted by molar-refractivity contribution is 0.606. The van der Waals surface area contributed by atoms with Crippen LogP contribution in [0.3, 0.4) is 0 Å². The number of hydrogen-bond acceptors (Lipinski definition) is 2. The van der Waals surface area contributed by atoms with E-state index in [1.54, 1.807) is 0 Å². The zero-order valence-corrected chi connectivity index (χ0v) is 11.8. The standard InChI is InChI=1S/C15H23N3/c1-5-16-10-12-6-7-13-14(9-12)18(4)15(17-13)8-11(2)3/h6-7,9,11,16H,5,8,10H2,1-4H3. The summed E-state index contributed by atoms with van der Waals surface area (Å²) in [5.74, 6) is 1.82. The molecule has 3 heteroatoms. The Morgan fingerprint density at radius 1 is 1.33 bits per heavy atom. The van der Waals surface area contributed by atoms with E-state index in [0.29, 0.717) is 5.92 Å². The van der Waals surface area contributed by atoms with Gasteiger partial charge in [0.15, 0.2) is 0 Å². The molecule has 0 bridgehead atoms. The first-order valence-electron chi connectivity index (χ1n) is 6.76. The molecule has 0 radical (unpaired) electrons. The molecule has 0 spiro atoms. The van der Waals surface area contributed by atoms with Crippen LogP contribution in [-0.2, 0) is 20.0 Å². The number of fused-ring (bicyclic) bond motifs is 1. The van der Waals surface area contributed by atoms with Gasteiger partial charge in [0.05, 0.1) is 11.0 Å². The summed E-state index contributed by atoms with van der Waals surface area (Å²) >= 11 is 0. The average Bonchev–Trinajstić information content (AvgIpc) is 2.63. The van der Waals surface area contributed by atoms with Gasteiger partial charge in [0.25, 0.3) is 0 Å².